The molecule has 8 heteroatoms. The molecule has 1 atom stereocenters. The summed E-state index contributed by atoms with van der Waals surface area (Å²) in [7, 11) is 0. The smallest absolute Gasteiger partial charge is 0.414 e. The Bertz CT molecular complexity index is 954. The molecule has 27 heavy (non-hydrogen) atoms. The van der Waals surface area contributed by atoms with Crippen LogP contribution in [0.4, 0.5) is 10.2 Å². The van der Waals surface area contributed by atoms with E-state index in [1.54, 1.807) is 16.7 Å². The Morgan fingerprint density at radius 2 is 1.85 bits per heavy atom. The third-order valence-electron chi connectivity index (χ3n) is 4.33. The van der Waals surface area contributed by atoms with Crippen LogP contribution in [0.25, 0.3) is 11.1 Å². The highest BCUT2D eigenvalue weighted by Crippen LogP contribution is 2.24. The maximum absolute atomic E-state index is 13.0. The molecule has 0 amide bonds. The lowest BCUT2D eigenvalue weighted by atomic mass is 10.0. The van der Waals surface area contributed by atoms with Crippen molar-refractivity contribution in [1.29, 1.82) is 0 Å². The number of nitrogens with zero attached hydrogens (tertiary/aromatic N) is 3. The Kier molecular flexibility index (Phi) is 4.55. The molecule has 1 aliphatic heterocycles. The largest absolute Gasteiger partial charge is 0.443 e. The van der Waals surface area contributed by atoms with Crippen molar-refractivity contribution in [2.45, 2.75) is 19.3 Å². The zero-order valence-corrected chi connectivity index (χ0v) is 14.2. The molecule has 4 rings (SSSR count). The summed E-state index contributed by atoms with van der Waals surface area (Å²) in [5, 5.41) is 10.8. The molecule has 0 aliphatic carbocycles. The van der Waals surface area contributed by atoms with Gasteiger partial charge >= 0.3 is 11.8 Å². The number of benzene rings is 2. The highest BCUT2D eigenvalue weighted by Gasteiger charge is 2.28. The van der Waals surface area contributed by atoms with Crippen LogP contribution in [0.5, 0.6) is 6.01 Å². The third kappa shape index (κ3) is 3.80. The van der Waals surface area contributed by atoms with E-state index in [0.29, 0.717) is 19.8 Å². The first-order chi connectivity index (χ1) is 13.1. The monoisotopic (exact) mass is 369 g/mol. The summed E-state index contributed by atoms with van der Waals surface area (Å²) >= 11 is 0. The molecule has 0 unspecified atom stereocenters. The number of rotatable bonds is 5. The quantitative estimate of drug-likeness (QED) is 0.507. The average molecular weight is 369 g/mol. The van der Waals surface area contributed by atoms with E-state index in [1.165, 1.54) is 18.3 Å². The lowest BCUT2D eigenvalue weighted by molar-refractivity contribution is -0.389. The predicted octanol–water partition coefficient (Wildman–Crippen LogP) is 3.58. The number of hydrogen-bond acceptors (Lipinski definition) is 5. The number of imidazole rings is 1. The molecule has 0 saturated carbocycles. The summed E-state index contributed by atoms with van der Waals surface area (Å²) in [6.07, 6.45) is 1.13. The van der Waals surface area contributed by atoms with Gasteiger partial charge in [0, 0.05) is 4.98 Å². The minimum absolute atomic E-state index is 0.219. The van der Waals surface area contributed by atoms with E-state index >= 15 is 0 Å². The van der Waals surface area contributed by atoms with E-state index in [0.717, 1.165) is 16.7 Å². The van der Waals surface area contributed by atoms with Crippen LogP contribution in [-0.4, -0.2) is 27.2 Å². The first kappa shape index (κ1) is 17.2. The van der Waals surface area contributed by atoms with E-state index in [-0.39, 0.29) is 23.7 Å². The molecule has 0 radical (unpaired) electrons. The van der Waals surface area contributed by atoms with Gasteiger partial charge in [-0.15, -0.1) is 0 Å². The fourth-order valence-electron chi connectivity index (χ4n) is 2.91. The van der Waals surface area contributed by atoms with Gasteiger partial charge in [0.15, 0.2) is 0 Å². The van der Waals surface area contributed by atoms with Crippen LogP contribution < -0.4 is 4.74 Å². The Labute approximate surface area is 154 Å². The van der Waals surface area contributed by atoms with Crippen LogP contribution in [0, 0.1) is 15.9 Å². The number of halogens is 1. The van der Waals surface area contributed by atoms with Crippen molar-refractivity contribution in [3.63, 3.8) is 0 Å². The molecule has 0 fully saturated rings. The van der Waals surface area contributed by atoms with Gasteiger partial charge in [-0.3, -0.25) is 4.57 Å². The predicted molar refractivity (Wildman–Crippen MR) is 94.8 cm³/mol. The molecule has 7 nitrogen and oxygen atoms in total. The Hall–Kier alpha value is -3.26. The molecule has 1 aromatic heterocycles. The first-order valence-electron chi connectivity index (χ1n) is 8.39. The lowest BCUT2D eigenvalue weighted by Crippen LogP contribution is -2.32. The summed E-state index contributed by atoms with van der Waals surface area (Å²) < 4.78 is 25.9. The molecule has 0 spiro atoms. The molecular weight excluding hydrogens is 353 g/mol. The molecule has 0 N–H and O–H groups in total. The van der Waals surface area contributed by atoms with Crippen LogP contribution in [0.1, 0.15) is 5.56 Å². The fraction of sp³-hybridized carbons (Fsp3) is 0.211. The van der Waals surface area contributed by atoms with Crippen molar-refractivity contribution >= 4 is 5.82 Å². The third-order valence-corrected chi connectivity index (χ3v) is 4.33. The molecule has 0 saturated heterocycles. The van der Waals surface area contributed by atoms with Crippen molar-refractivity contribution in [3.8, 4) is 17.1 Å². The van der Waals surface area contributed by atoms with Gasteiger partial charge in [0.2, 0.25) is 0 Å². The second kappa shape index (κ2) is 7.16. The topological polar surface area (TPSA) is 79.4 Å². The van der Waals surface area contributed by atoms with E-state index < -0.39 is 4.92 Å². The Morgan fingerprint density at radius 3 is 2.52 bits per heavy atom. The van der Waals surface area contributed by atoms with E-state index in [2.05, 4.69) is 4.98 Å². The summed E-state index contributed by atoms with van der Waals surface area (Å²) in [5.74, 6) is -0.494. The second-order valence-corrected chi connectivity index (χ2v) is 6.24. The molecule has 138 valence electrons. The fourth-order valence-corrected chi connectivity index (χ4v) is 2.91. The van der Waals surface area contributed by atoms with E-state index in [1.807, 2.05) is 24.3 Å². The van der Waals surface area contributed by atoms with Crippen LogP contribution in [-0.2, 0) is 17.9 Å². The molecule has 2 heterocycles. The van der Waals surface area contributed by atoms with Crippen LogP contribution >= 0.6 is 0 Å². The van der Waals surface area contributed by atoms with Crippen LogP contribution in [0.2, 0.25) is 0 Å². The molecule has 0 bridgehead atoms. The number of nitro groups is 1. The van der Waals surface area contributed by atoms with E-state index in [9.17, 15) is 14.5 Å². The van der Waals surface area contributed by atoms with Crippen molar-refractivity contribution in [3.05, 3.63) is 76.2 Å². The zero-order valence-electron chi connectivity index (χ0n) is 14.2. The van der Waals surface area contributed by atoms with E-state index in [4.69, 9.17) is 9.47 Å². The number of aromatic nitrogens is 2. The zero-order chi connectivity index (χ0) is 18.8. The van der Waals surface area contributed by atoms with Crippen LogP contribution in [0.3, 0.4) is 0 Å². The highest BCUT2D eigenvalue weighted by molar-refractivity contribution is 5.63. The van der Waals surface area contributed by atoms with Gasteiger partial charge < -0.3 is 19.6 Å². The second-order valence-electron chi connectivity index (χ2n) is 6.24. The van der Waals surface area contributed by atoms with Crippen molar-refractivity contribution < 1.29 is 18.8 Å². The van der Waals surface area contributed by atoms with Crippen molar-refractivity contribution in [2.24, 2.45) is 0 Å². The van der Waals surface area contributed by atoms with Crippen molar-refractivity contribution in [2.75, 3.05) is 6.61 Å². The highest BCUT2D eigenvalue weighted by atomic mass is 19.1. The maximum Gasteiger partial charge on any atom is 0.414 e. The van der Waals surface area contributed by atoms with Gasteiger partial charge in [0.25, 0.3) is 0 Å². The lowest BCUT2D eigenvalue weighted by Gasteiger charge is -2.22. The SMILES string of the molecule is O=[N+]([O-])c1cn2c(n1)OC[C@@H](OCc1ccc(-c3ccc(F)cc3)cc1)C2. The summed E-state index contributed by atoms with van der Waals surface area (Å²) in [6.45, 7) is 1.13. The van der Waals surface area contributed by atoms with Gasteiger partial charge in [0.05, 0.1) is 13.2 Å². The number of fused-ring (bicyclic) bond motifs is 1. The molecular formula is C19H16FN3O4. The van der Waals surface area contributed by atoms with Crippen molar-refractivity contribution in [1.82, 2.24) is 9.55 Å². The van der Waals surface area contributed by atoms with Gasteiger partial charge in [-0.2, -0.15) is 0 Å². The summed E-state index contributed by atoms with van der Waals surface area (Å²) in [5.41, 5.74) is 2.93. The van der Waals surface area contributed by atoms with Gasteiger partial charge in [0.1, 0.15) is 24.7 Å². The minimum atomic E-state index is -0.548. The maximum atomic E-state index is 13.0. The van der Waals surface area contributed by atoms with Gasteiger partial charge in [-0.1, -0.05) is 36.4 Å². The van der Waals surface area contributed by atoms with Crippen LogP contribution in [0.15, 0.2) is 54.7 Å². The first-order valence-corrected chi connectivity index (χ1v) is 8.39. The normalized spacial score (nSPS) is 15.8. The summed E-state index contributed by atoms with van der Waals surface area (Å²) in [4.78, 5) is 14.0. The Morgan fingerprint density at radius 1 is 1.19 bits per heavy atom. The molecule has 1 aliphatic rings. The standard InChI is InChI=1S/C19H16FN3O4/c20-16-7-5-15(6-8-16)14-3-1-13(2-4-14)11-26-17-9-22-10-18(23(24)25)21-19(22)27-12-17/h1-8,10,17H,9,11-12H2/t17-/m0/s1. The van der Waals surface area contributed by atoms with Gasteiger partial charge in [-0.25, -0.2) is 4.39 Å². The summed E-state index contributed by atoms with van der Waals surface area (Å²) in [6, 6.07) is 14.4. The molecule has 2 aromatic carbocycles. The molecule has 3 aromatic rings. The Balaban J connectivity index is 1.36. The van der Waals surface area contributed by atoms with Gasteiger partial charge in [-0.05, 0) is 33.7 Å². The number of ether oxygens (including phenoxy) is 2. The minimum Gasteiger partial charge on any atom is -0.443 e. The average Bonchev–Trinajstić information content (AvgIpc) is 3.11. The number of hydrogen-bond donors (Lipinski definition) is 0.